The molecule has 2 heterocycles. The summed E-state index contributed by atoms with van der Waals surface area (Å²) in [6, 6.07) is 0. The molecule has 7 heteroatoms. The molecule has 1 aliphatic rings. The summed E-state index contributed by atoms with van der Waals surface area (Å²) < 4.78 is 2.57. The molecule has 120 valence electrons. The number of nitrogens with one attached hydrogen (secondary N) is 1. The minimum absolute atomic E-state index is 0.343. The molecule has 0 radical (unpaired) electrons. The Labute approximate surface area is 139 Å². The van der Waals surface area contributed by atoms with Crippen LogP contribution in [0.15, 0.2) is 10.9 Å². The van der Waals surface area contributed by atoms with Crippen LogP contribution in [0.2, 0.25) is 0 Å². The van der Waals surface area contributed by atoms with Gasteiger partial charge in [-0.2, -0.15) is 5.10 Å². The highest BCUT2D eigenvalue weighted by molar-refractivity contribution is 9.10. The van der Waals surface area contributed by atoms with Gasteiger partial charge in [-0.15, -0.1) is 0 Å². The van der Waals surface area contributed by atoms with Crippen molar-refractivity contribution in [3.8, 4) is 0 Å². The van der Waals surface area contributed by atoms with E-state index in [2.05, 4.69) is 55.3 Å². The number of nitrogens with zero attached hydrogens (tertiary/aromatic N) is 5. The van der Waals surface area contributed by atoms with E-state index in [0.29, 0.717) is 5.41 Å². The van der Waals surface area contributed by atoms with Crippen LogP contribution in [0.3, 0.4) is 0 Å². The first-order valence-corrected chi connectivity index (χ1v) is 8.52. The predicted octanol–water partition coefficient (Wildman–Crippen LogP) is 2.66. The molecule has 0 aliphatic heterocycles. The van der Waals surface area contributed by atoms with Crippen molar-refractivity contribution in [1.29, 1.82) is 0 Å². The third-order valence-corrected chi connectivity index (χ3v) is 5.08. The second-order valence-corrected chi connectivity index (χ2v) is 7.38. The molecule has 1 aliphatic carbocycles. The summed E-state index contributed by atoms with van der Waals surface area (Å²) in [5, 5.41) is 8.91. The zero-order chi connectivity index (χ0) is 15.7. The average molecular weight is 367 g/mol. The van der Waals surface area contributed by atoms with E-state index in [1.807, 2.05) is 7.05 Å². The lowest BCUT2D eigenvalue weighted by atomic mass is 9.85. The maximum Gasteiger partial charge on any atom is 0.164 e. The molecule has 0 saturated heterocycles. The summed E-state index contributed by atoms with van der Waals surface area (Å²) in [5.74, 6) is 0.870. The fraction of sp³-hybridized carbons (Fsp3) is 0.667. The summed E-state index contributed by atoms with van der Waals surface area (Å²) in [4.78, 5) is 11.0. The fourth-order valence-corrected chi connectivity index (χ4v) is 4.24. The molecule has 1 saturated carbocycles. The Bertz CT molecular complexity index is 659. The normalized spacial score (nSPS) is 17.5. The van der Waals surface area contributed by atoms with Gasteiger partial charge in [0.2, 0.25) is 0 Å². The molecule has 1 N–H and O–H groups in total. The second kappa shape index (κ2) is 6.12. The number of aryl methyl sites for hydroxylation is 1. The van der Waals surface area contributed by atoms with Crippen molar-refractivity contribution >= 4 is 32.8 Å². The van der Waals surface area contributed by atoms with Crippen LogP contribution in [-0.2, 0) is 7.05 Å². The highest BCUT2D eigenvalue weighted by Crippen LogP contribution is 2.39. The summed E-state index contributed by atoms with van der Waals surface area (Å²) in [5.41, 5.74) is 1.19. The van der Waals surface area contributed by atoms with Crippen LogP contribution in [-0.4, -0.2) is 51.8 Å². The molecule has 0 atom stereocenters. The molecule has 0 bridgehead atoms. The van der Waals surface area contributed by atoms with E-state index in [9.17, 15) is 0 Å². The van der Waals surface area contributed by atoms with Gasteiger partial charge >= 0.3 is 0 Å². The van der Waals surface area contributed by atoms with E-state index in [1.165, 1.54) is 25.7 Å². The summed E-state index contributed by atoms with van der Waals surface area (Å²) in [7, 11) is 6.20. The lowest BCUT2D eigenvalue weighted by molar-refractivity contribution is 0.215. The molecule has 1 fully saturated rings. The van der Waals surface area contributed by atoms with Crippen molar-refractivity contribution in [1.82, 2.24) is 24.6 Å². The fourth-order valence-electron chi connectivity index (χ4n) is 3.63. The zero-order valence-corrected chi connectivity index (χ0v) is 15.0. The van der Waals surface area contributed by atoms with Gasteiger partial charge in [-0.3, -0.25) is 0 Å². The van der Waals surface area contributed by atoms with Gasteiger partial charge in [-0.05, 0) is 42.9 Å². The average Bonchev–Trinajstić information content (AvgIpc) is 3.03. The number of hydrogen-bond acceptors (Lipinski definition) is 5. The number of hydrogen-bond donors (Lipinski definition) is 1. The molecule has 22 heavy (non-hydrogen) atoms. The van der Waals surface area contributed by atoms with Crippen LogP contribution in [0, 0.1) is 5.41 Å². The third kappa shape index (κ3) is 2.96. The lowest BCUT2D eigenvalue weighted by Crippen LogP contribution is -2.37. The summed E-state index contributed by atoms with van der Waals surface area (Å²) in [6.07, 6.45) is 6.81. The van der Waals surface area contributed by atoms with Crippen molar-refractivity contribution < 1.29 is 0 Å². The van der Waals surface area contributed by atoms with Crippen LogP contribution in [0.5, 0.6) is 0 Å². The molecule has 2 aromatic heterocycles. The molecule has 6 nitrogen and oxygen atoms in total. The number of aromatic nitrogens is 4. The zero-order valence-electron chi connectivity index (χ0n) is 13.4. The van der Waals surface area contributed by atoms with Gasteiger partial charge in [0.25, 0.3) is 0 Å². The highest BCUT2D eigenvalue weighted by Gasteiger charge is 2.34. The van der Waals surface area contributed by atoms with Crippen LogP contribution >= 0.6 is 15.9 Å². The van der Waals surface area contributed by atoms with Gasteiger partial charge in [0.1, 0.15) is 16.7 Å². The van der Waals surface area contributed by atoms with Crippen molar-refractivity contribution in [2.75, 3.05) is 32.5 Å². The van der Waals surface area contributed by atoms with Crippen molar-refractivity contribution in [2.24, 2.45) is 12.5 Å². The minimum atomic E-state index is 0.343. The van der Waals surface area contributed by atoms with E-state index < -0.39 is 0 Å². The van der Waals surface area contributed by atoms with E-state index in [0.717, 1.165) is 34.5 Å². The molecular formula is C15H23BrN6. The van der Waals surface area contributed by atoms with E-state index in [-0.39, 0.29) is 0 Å². The first-order chi connectivity index (χ1) is 10.5. The van der Waals surface area contributed by atoms with Gasteiger partial charge in [0, 0.05) is 25.6 Å². The third-order valence-electron chi connectivity index (χ3n) is 4.52. The number of halogens is 1. The maximum absolute atomic E-state index is 4.43. The molecule has 2 aromatic rings. The van der Waals surface area contributed by atoms with Gasteiger partial charge in [-0.1, -0.05) is 12.8 Å². The van der Waals surface area contributed by atoms with Crippen LogP contribution in [0.4, 0.5) is 5.82 Å². The van der Waals surface area contributed by atoms with Gasteiger partial charge < -0.3 is 10.2 Å². The van der Waals surface area contributed by atoms with Crippen molar-refractivity contribution in [3.05, 3.63) is 10.9 Å². The minimum Gasteiger partial charge on any atom is -0.369 e. The smallest absolute Gasteiger partial charge is 0.164 e. The van der Waals surface area contributed by atoms with Gasteiger partial charge in [0.05, 0.1) is 5.39 Å². The van der Waals surface area contributed by atoms with E-state index >= 15 is 0 Å². The Kier molecular flexibility index (Phi) is 4.36. The molecule has 3 rings (SSSR count). The SMILES string of the molecule is CN(C)CC1(CNc2ncnc3c2c(Br)nn3C)CCCC1. The summed E-state index contributed by atoms with van der Waals surface area (Å²) >= 11 is 3.52. The Morgan fingerprint density at radius 3 is 2.73 bits per heavy atom. The quantitative estimate of drug-likeness (QED) is 0.881. The Hall–Kier alpha value is -1.21. The Morgan fingerprint density at radius 1 is 1.32 bits per heavy atom. The van der Waals surface area contributed by atoms with Crippen molar-refractivity contribution in [2.45, 2.75) is 25.7 Å². The summed E-state index contributed by atoms with van der Waals surface area (Å²) in [6.45, 7) is 2.06. The molecular weight excluding hydrogens is 344 g/mol. The van der Waals surface area contributed by atoms with E-state index in [1.54, 1.807) is 11.0 Å². The van der Waals surface area contributed by atoms with Gasteiger partial charge in [0.15, 0.2) is 5.65 Å². The number of anilines is 1. The molecule has 0 unspecified atom stereocenters. The first kappa shape index (κ1) is 15.7. The molecule has 0 aromatic carbocycles. The van der Waals surface area contributed by atoms with Crippen LogP contribution in [0.1, 0.15) is 25.7 Å². The standard InChI is InChI=1S/C15H23BrN6/c1-21(2)9-15(6-4-5-7-15)8-17-13-11-12(16)20-22(3)14(11)19-10-18-13/h10H,4-9H2,1-3H3,(H,17,18,19). The monoisotopic (exact) mass is 366 g/mol. The maximum atomic E-state index is 4.43. The highest BCUT2D eigenvalue weighted by atomic mass is 79.9. The first-order valence-electron chi connectivity index (χ1n) is 7.73. The molecule has 0 spiro atoms. The Morgan fingerprint density at radius 2 is 2.05 bits per heavy atom. The number of fused-ring (bicyclic) bond motifs is 1. The van der Waals surface area contributed by atoms with Gasteiger partial charge in [-0.25, -0.2) is 14.6 Å². The lowest BCUT2D eigenvalue weighted by Gasteiger charge is -2.32. The molecule has 0 amide bonds. The largest absolute Gasteiger partial charge is 0.369 e. The van der Waals surface area contributed by atoms with Crippen LogP contribution in [0.25, 0.3) is 11.0 Å². The van der Waals surface area contributed by atoms with E-state index in [4.69, 9.17) is 0 Å². The number of rotatable bonds is 5. The predicted molar refractivity (Wildman–Crippen MR) is 91.9 cm³/mol. The van der Waals surface area contributed by atoms with Crippen molar-refractivity contribution in [3.63, 3.8) is 0 Å². The second-order valence-electron chi connectivity index (χ2n) is 6.63. The van der Waals surface area contributed by atoms with Crippen LogP contribution < -0.4 is 5.32 Å². The topological polar surface area (TPSA) is 58.9 Å². The Balaban J connectivity index is 1.84.